The van der Waals surface area contributed by atoms with E-state index in [4.69, 9.17) is 5.11 Å². The molecule has 1 saturated carbocycles. The second-order valence-corrected chi connectivity index (χ2v) is 4.26. The van der Waals surface area contributed by atoms with Gasteiger partial charge in [-0.15, -0.1) is 0 Å². The number of hydrogen-bond donors (Lipinski definition) is 3. The van der Waals surface area contributed by atoms with Crippen LogP contribution in [0.25, 0.3) is 0 Å². The molecular formula is C12H15N3O3. The zero-order valence-electron chi connectivity index (χ0n) is 9.85. The molecule has 0 aromatic carbocycles. The third-order valence-electron chi connectivity index (χ3n) is 2.63. The van der Waals surface area contributed by atoms with Gasteiger partial charge in [0.25, 0.3) is 0 Å². The number of nitrogens with one attached hydrogen (secondary N) is 2. The first kappa shape index (κ1) is 12.5. The minimum absolute atomic E-state index is 0.0385. The first-order chi connectivity index (χ1) is 8.65. The Labute approximate surface area is 104 Å². The Bertz CT molecular complexity index is 440. The van der Waals surface area contributed by atoms with Crippen LogP contribution in [0.15, 0.2) is 18.3 Å². The van der Waals surface area contributed by atoms with E-state index in [1.54, 1.807) is 0 Å². The average Bonchev–Trinajstić information content (AvgIpc) is 3.13. The molecule has 96 valence electrons. The highest BCUT2D eigenvalue weighted by atomic mass is 16.4. The van der Waals surface area contributed by atoms with Crippen molar-refractivity contribution < 1.29 is 14.7 Å². The summed E-state index contributed by atoms with van der Waals surface area (Å²) in [5.41, 5.74) is 0.472. The van der Waals surface area contributed by atoms with Crippen molar-refractivity contribution >= 4 is 17.6 Å². The van der Waals surface area contributed by atoms with Gasteiger partial charge >= 0.3 is 5.97 Å². The Kier molecular flexibility index (Phi) is 3.88. The Morgan fingerprint density at radius 3 is 2.72 bits per heavy atom. The number of hydrogen-bond acceptors (Lipinski definition) is 4. The van der Waals surface area contributed by atoms with Crippen molar-refractivity contribution in [3.8, 4) is 0 Å². The van der Waals surface area contributed by atoms with Crippen LogP contribution in [0.4, 0.5) is 5.69 Å². The fraction of sp³-hybridized carbons (Fsp3) is 0.417. The van der Waals surface area contributed by atoms with Crippen molar-refractivity contribution in [2.45, 2.75) is 25.3 Å². The fourth-order valence-corrected chi connectivity index (χ4v) is 1.50. The Hall–Kier alpha value is -1.95. The quantitative estimate of drug-likeness (QED) is 0.695. The zero-order chi connectivity index (χ0) is 13.0. The topological polar surface area (TPSA) is 91.3 Å². The molecule has 1 fully saturated rings. The standard InChI is InChI=1S/C12H15N3O3/c16-11(5-6-13-8-1-2-8)15-9-3-4-10(12(17)18)14-7-9/h3-4,7-8,13H,1-2,5-6H2,(H,15,16)(H,17,18). The van der Waals surface area contributed by atoms with Crippen LogP contribution < -0.4 is 10.6 Å². The van der Waals surface area contributed by atoms with E-state index >= 15 is 0 Å². The molecule has 3 N–H and O–H groups in total. The van der Waals surface area contributed by atoms with Crippen LogP contribution in [0.3, 0.4) is 0 Å². The zero-order valence-corrected chi connectivity index (χ0v) is 9.85. The van der Waals surface area contributed by atoms with Gasteiger partial charge in [-0.2, -0.15) is 0 Å². The van der Waals surface area contributed by atoms with Gasteiger partial charge < -0.3 is 15.7 Å². The van der Waals surface area contributed by atoms with Crippen molar-refractivity contribution in [2.24, 2.45) is 0 Å². The largest absolute Gasteiger partial charge is 0.477 e. The molecule has 18 heavy (non-hydrogen) atoms. The van der Waals surface area contributed by atoms with Crippen LogP contribution in [0, 0.1) is 0 Å². The summed E-state index contributed by atoms with van der Waals surface area (Å²) >= 11 is 0. The Balaban J connectivity index is 1.76. The number of carboxylic acids is 1. The fourth-order valence-electron chi connectivity index (χ4n) is 1.50. The lowest BCUT2D eigenvalue weighted by atomic mass is 10.3. The molecule has 6 heteroatoms. The SMILES string of the molecule is O=C(CCNC1CC1)Nc1ccc(C(=O)O)nc1. The lowest BCUT2D eigenvalue weighted by Crippen LogP contribution is -2.23. The van der Waals surface area contributed by atoms with Gasteiger partial charge in [-0.1, -0.05) is 0 Å². The number of rotatable bonds is 6. The van der Waals surface area contributed by atoms with E-state index in [0.717, 1.165) is 0 Å². The van der Waals surface area contributed by atoms with Crippen molar-refractivity contribution in [1.29, 1.82) is 0 Å². The molecule has 1 heterocycles. The number of carboxylic acid groups (broad SMARTS) is 1. The molecule has 2 rings (SSSR count). The number of anilines is 1. The Morgan fingerprint density at radius 1 is 1.39 bits per heavy atom. The van der Waals surface area contributed by atoms with Crippen LogP contribution in [0.2, 0.25) is 0 Å². The van der Waals surface area contributed by atoms with E-state index in [2.05, 4.69) is 15.6 Å². The monoisotopic (exact) mass is 249 g/mol. The molecule has 0 atom stereocenters. The van der Waals surface area contributed by atoms with E-state index in [9.17, 15) is 9.59 Å². The van der Waals surface area contributed by atoms with Crippen LogP contribution >= 0.6 is 0 Å². The normalized spacial score (nSPS) is 14.2. The summed E-state index contributed by atoms with van der Waals surface area (Å²) in [6, 6.07) is 3.48. The number of nitrogens with zero attached hydrogens (tertiary/aromatic N) is 1. The van der Waals surface area contributed by atoms with Crippen LogP contribution in [-0.4, -0.2) is 34.6 Å². The van der Waals surface area contributed by atoms with Gasteiger partial charge in [-0.25, -0.2) is 9.78 Å². The van der Waals surface area contributed by atoms with Crippen molar-refractivity contribution in [2.75, 3.05) is 11.9 Å². The van der Waals surface area contributed by atoms with Crippen LogP contribution in [-0.2, 0) is 4.79 Å². The van der Waals surface area contributed by atoms with Crippen LogP contribution in [0.1, 0.15) is 29.8 Å². The van der Waals surface area contributed by atoms with E-state index < -0.39 is 5.97 Å². The summed E-state index contributed by atoms with van der Waals surface area (Å²) in [5, 5.41) is 14.6. The van der Waals surface area contributed by atoms with Gasteiger partial charge in [0.1, 0.15) is 5.69 Å². The second kappa shape index (κ2) is 5.59. The van der Waals surface area contributed by atoms with E-state index in [0.29, 0.717) is 24.7 Å². The maximum atomic E-state index is 11.5. The van der Waals surface area contributed by atoms with E-state index in [1.807, 2.05) is 0 Å². The molecule has 1 amide bonds. The second-order valence-electron chi connectivity index (χ2n) is 4.26. The lowest BCUT2D eigenvalue weighted by molar-refractivity contribution is -0.116. The van der Waals surface area contributed by atoms with Gasteiger partial charge in [0, 0.05) is 19.0 Å². The average molecular weight is 249 g/mol. The van der Waals surface area contributed by atoms with Gasteiger partial charge in [-0.05, 0) is 25.0 Å². The first-order valence-corrected chi connectivity index (χ1v) is 5.88. The third kappa shape index (κ3) is 3.81. The molecule has 0 aliphatic heterocycles. The lowest BCUT2D eigenvalue weighted by Gasteiger charge is -2.05. The number of pyridine rings is 1. The number of aromatic carboxylic acids is 1. The van der Waals surface area contributed by atoms with Gasteiger partial charge in [0.2, 0.25) is 5.91 Å². The van der Waals surface area contributed by atoms with Crippen molar-refractivity contribution in [1.82, 2.24) is 10.3 Å². The molecular weight excluding hydrogens is 234 g/mol. The molecule has 0 unspecified atom stereocenters. The molecule has 1 aromatic rings. The molecule has 1 aliphatic rings. The highest BCUT2D eigenvalue weighted by Crippen LogP contribution is 2.18. The number of aromatic nitrogens is 1. The van der Waals surface area contributed by atoms with Gasteiger partial charge in [-0.3, -0.25) is 4.79 Å². The van der Waals surface area contributed by atoms with Gasteiger partial charge in [0.15, 0.2) is 0 Å². The molecule has 1 aliphatic carbocycles. The third-order valence-corrected chi connectivity index (χ3v) is 2.63. The van der Waals surface area contributed by atoms with Gasteiger partial charge in [0.05, 0.1) is 11.9 Å². The number of carbonyl (C=O) groups is 2. The molecule has 0 radical (unpaired) electrons. The smallest absolute Gasteiger partial charge is 0.354 e. The number of carbonyl (C=O) groups excluding carboxylic acids is 1. The summed E-state index contributed by atoms with van der Waals surface area (Å²) < 4.78 is 0. The molecule has 6 nitrogen and oxygen atoms in total. The maximum absolute atomic E-state index is 11.5. The van der Waals surface area contributed by atoms with Crippen molar-refractivity contribution in [3.63, 3.8) is 0 Å². The molecule has 1 aromatic heterocycles. The van der Waals surface area contributed by atoms with Crippen LogP contribution in [0.5, 0.6) is 0 Å². The van der Waals surface area contributed by atoms with E-state index in [-0.39, 0.29) is 11.6 Å². The Morgan fingerprint density at radius 2 is 2.17 bits per heavy atom. The summed E-state index contributed by atoms with van der Waals surface area (Å²) in [7, 11) is 0. The van der Waals surface area contributed by atoms with E-state index in [1.165, 1.54) is 31.2 Å². The minimum Gasteiger partial charge on any atom is -0.477 e. The number of amides is 1. The minimum atomic E-state index is -1.08. The maximum Gasteiger partial charge on any atom is 0.354 e. The summed E-state index contributed by atoms with van der Waals surface area (Å²) in [4.78, 5) is 25.8. The predicted octanol–water partition coefficient (Wildman–Crippen LogP) is 0.860. The summed E-state index contributed by atoms with van der Waals surface area (Å²) in [6.07, 6.45) is 4.14. The summed E-state index contributed by atoms with van der Waals surface area (Å²) in [5.74, 6) is -1.19. The van der Waals surface area contributed by atoms with Crippen molar-refractivity contribution in [3.05, 3.63) is 24.0 Å². The first-order valence-electron chi connectivity index (χ1n) is 5.88. The highest BCUT2D eigenvalue weighted by molar-refractivity contribution is 5.91. The molecule has 0 spiro atoms. The summed E-state index contributed by atoms with van der Waals surface area (Å²) in [6.45, 7) is 0.664. The molecule has 0 bridgehead atoms. The molecule has 0 saturated heterocycles. The highest BCUT2D eigenvalue weighted by Gasteiger charge is 2.20. The predicted molar refractivity (Wildman–Crippen MR) is 65.5 cm³/mol.